The molecule has 0 aromatic heterocycles. The maximum absolute atomic E-state index is 11.6. The zero-order valence-electron chi connectivity index (χ0n) is 15.5. The average Bonchev–Trinajstić information content (AvgIpc) is 2.75. The molecular formula is C20H30O4. The molecule has 0 bridgehead atoms. The molecule has 4 heteroatoms. The molecule has 0 amide bonds. The van der Waals surface area contributed by atoms with E-state index in [0.29, 0.717) is 23.8 Å². The largest absolute Gasteiger partial charge is 0.478 e. The summed E-state index contributed by atoms with van der Waals surface area (Å²) in [7, 11) is 0. The highest BCUT2D eigenvalue weighted by atomic mass is 16.4. The predicted molar refractivity (Wildman–Crippen MR) is 93.7 cm³/mol. The van der Waals surface area contributed by atoms with Gasteiger partial charge in [-0.05, 0) is 68.6 Å². The maximum atomic E-state index is 11.6. The van der Waals surface area contributed by atoms with Crippen LogP contribution in [0.1, 0.15) is 66.7 Å². The number of hydrogen-bond acceptors (Lipinski definition) is 2. The van der Waals surface area contributed by atoms with Gasteiger partial charge in [0.2, 0.25) is 0 Å². The minimum Gasteiger partial charge on any atom is -0.478 e. The molecule has 0 saturated heterocycles. The van der Waals surface area contributed by atoms with Crippen LogP contribution in [0.3, 0.4) is 0 Å². The zero-order chi connectivity index (χ0) is 18.3. The summed E-state index contributed by atoms with van der Waals surface area (Å²) in [4.78, 5) is 22.5. The van der Waals surface area contributed by atoms with Gasteiger partial charge in [0.1, 0.15) is 0 Å². The first kappa shape index (κ1) is 18.8. The fraction of sp³-hybridized carbons (Fsp3) is 0.700. The first-order valence-electron chi connectivity index (χ1n) is 8.86. The van der Waals surface area contributed by atoms with Gasteiger partial charge in [0, 0.05) is 11.6 Å². The molecule has 0 heterocycles. The van der Waals surface area contributed by atoms with Crippen molar-refractivity contribution in [2.75, 3.05) is 0 Å². The van der Waals surface area contributed by atoms with E-state index in [0.717, 1.165) is 36.8 Å². The Kier molecular flexibility index (Phi) is 4.98. The van der Waals surface area contributed by atoms with Gasteiger partial charge in [-0.1, -0.05) is 31.9 Å². The Labute approximate surface area is 144 Å². The van der Waals surface area contributed by atoms with Gasteiger partial charge in [0.05, 0.1) is 0 Å². The van der Waals surface area contributed by atoms with E-state index in [9.17, 15) is 14.7 Å². The quantitative estimate of drug-likeness (QED) is 0.717. The highest BCUT2D eigenvalue weighted by molar-refractivity contribution is 5.88. The summed E-state index contributed by atoms with van der Waals surface area (Å²) in [5, 5.41) is 18.5. The van der Waals surface area contributed by atoms with E-state index in [1.54, 1.807) is 0 Å². The third-order valence-corrected chi connectivity index (χ3v) is 7.19. The van der Waals surface area contributed by atoms with Crippen LogP contribution < -0.4 is 0 Å². The third kappa shape index (κ3) is 3.03. The van der Waals surface area contributed by atoms with Crippen LogP contribution in [-0.2, 0) is 9.59 Å². The van der Waals surface area contributed by atoms with Crippen LogP contribution in [0.2, 0.25) is 0 Å². The molecule has 0 aromatic rings. The van der Waals surface area contributed by atoms with Crippen LogP contribution >= 0.6 is 0 Å². The SMILES string of the molecule is CC1=C(C(=O)O)C[C@@H]2[C@@](C)(CC/C(C)=C/C(=O)O)[C@H](C)CC[C@@]12C. The predicted octanol–water partition coefficient (Wildman–Crippen LogP) is 4.66. The Bertz CT molecular complexity index is 615. The fourth-order valence-electron chi connectivity index (χ4n) is 5.12. The minimum absolute atomic E-state index is 0.0268. The zero-order valence-corrected chi connectivity index (χ0v) is 15.5. The Morgan fingerprint density at radius 3 is 2.46 bits per heavy atom. The molecule has 2 aliphatic carbocycles. The monoisotopic (exact) mass is 334 g/mol. The summed E-state index contributed by atoms with van der Waals surface area (Å²) in [5.74, 6) is -0.850. The molecule has 2 rings (SSSR count). The van der Waals surface area contributed by atoms with Crippen molar-refractivity contribution >= 4 is 11.9 Å². The lowest BCUT2D eigenvalue weighted by atomic mass is 9.50. The second kappa shape index (κ2) is 6.38. The summed E-state index contributed by atoms with van der Waals surface area (Å²) >= 11 is 0. The molecule has 1 saturated carbocycles. The molecule has 0 radical (unpaired) electrons. The van der Waals surface area contributed by atoms with Gasteiger partial charge in [-0.15, -0.1) is 0 Å². The summed E-state index contributed by atoms with van der Waals surface area (Å²) < 4.78 is 0. The molecule has 4 atom stereocenters. The lowest BCUT2D eigenvalue weighted by Gasteiger charge is -2.54. The summed E-state index contributed by atoms with van der Waals surface area (Å²) in [6.07, 6.45) is 5.72. The van der Waals surface area contributed by atoms with Gasteiger partial charge in [0.25, 0.3) is 0 Å². The van der Waals surface area contributed by atoms with Crippen LogP contribution in [0.4, 0.5) is 0 Å². The smallest absolute Gasteiger partial charge is 0.331 e. The molecule has 0 spiro atoms. The molecule has 0 unspecified atom stereocenters. The number of hydrogen-bond donors (Lipinski definition) is 2. The first-order valence-corrected chi connectivity index (χ1v) is 8.86. The summed E-state index contributed by atoms with van der Waals surface area (Å²) in [6.45, 7) is 10.6. The van der Waals surface area contributed by atoms with Crippen LogP contribution in [-0.4, -0.2) is 22.2 Å². The van der Waals surface area contributed by atoms with E-state index in [-0.39, 0.29) is 10.8 Å². The van der Waals surface area contributed by atoms with Crippen LogP contribution in [0, 0.1) is 22.7 Å². The molecule has 134 valence electrons. The van der Waals surface area contributed by atoms with E-state index in [1.807, 2.05) is 13.8 Å². The number of carboxylic acid groups (broad SMARTS) is 2. The Morgan fingerprint density at radius 2 is 1.92 bits per heavy atom. The Hall–Kier alpha value is -1.58. The average molecular weight is 334 g/mol. The lowest BCUT2D eigenvalue weighted by molar-refractivity contribution is -0.133. The molecule has 4 nitrogen and oxygen atoms in total. The van der Waals surface area contributed by atoms with Crippen molar-refractivity contribution in [3.8, 4) is 0 Å². The third-order valence-electron chi connectivity index (χ3n) is 7.19. The van der Waals surface area contributed by atoms with Crippen molar-refractivity contribution in [3.05, 3.63) is 22.8 Å². The van der Waals surface area contributed by atoms with E-state index in [4.69, 9.17) is 5.11 Å². The number of carboxylic acids is 2. The highest BCUT2D eigenvalue weighted by Gasteiger charge is 2.56. The Balaban J connectivity index is 2.29. The second-order valence-electron chi connectivity index (χ2n) is 8.36. The topological polar surface area (TPSA) is 74.6 Å². The van der Waals surface area contributed by atoms with Crippen LogP contribution in [0.15, 0.2) is 22.8 Å². The first-order chi connectivity index (χ1) is 11.0. The molecule has 1 fully saturated rings. The summed E-state index contributed by atoms with van der Waals surface area (Å²) in [6, 6.07) is 0. The second-order valence-corrected chi connectivity index (χ2v) is 8.36. The Morgan fingerprint density at radius 1 is 1.29 bits per heavy atom. The van der Waals surface area contributed by atoms with Crippen molar-refractivity contribution in [1.29, 1.82) is 0 Å². The van der Waals surface area contributed by atoms with Crippen molar-refractivity contribution < 1.29 is 19.8 Å². The van der Waals surface area contributed by atoms with E-state index >= 15 is 0 Å². The number of allylic oxidation sites excluding steroid dienone is 2. The van der Waals surface area contributed by atoms with Gasteiger partial charge >= 0.3 is 11.9 Å². The van der Waals surface area contributed by atoms with Gasteiger partial charge < -0.3 is 10.2 Å². The fourth-order valence-corrected chi connectivity index (χ4v) is 5.12. The molecule has 0 aliphatic heterocycles. The van der Waals surface area contributed by atoms with E-state index < -0.39 is 11.9 Å². The highest BCUT2D eigenvalue weighted by Crippen LogP contribution is 2.64. The summed E-state index contributed by atoms with van der Waals surface area (Å²) in [5.41, 5.74) is 2.51. The van der Waals surface area contributed by atoms with Crippen molar-refractivity contribution in [3.63, 3.8) is 0 Å². The van der Waals surface area contributed by atoms with Crippen molar-refractivity contribution in [1.82, 2.24) is 0 Å². The molecule has 2 N–H and O–H groups in total. The number of carbonyl (C=O) groups is 2. The van der Waals surface area contributed by atoms with Crippen molar-refractivity contribution in [2.24, 2.45) is 22.7 Å². The van der Waals surface area contributed by atoms with Crippen LogP contribution in [0.25, 0.3) is 0 Å². The molecule has 2 aliphatic rings. The van der Waals surface area contributed by atoms with Crippen LogP contribution in [0.5, 0.6) is 0 Å². The molecule has 24 heavy (non-hydrogen) atoms. The number of fused-ring (bicyclic) bond motifs is 1. The minimum atomic E-state index is -0.897. The lowest BCUT2D eigenvalue weighted by Crippen LogP contribution is -2.46. The molecule has 0 aromatic carbocycles. The van der Waals surface area contributed by atoms with Crippen molar-refractivity contribution in [2.45, 2.75) is 66.7 Å². The molecular weight excluding hydrogens is 304 g/mol. The standard InChI is InChI=1S/C20H30O4/c1-12(10-17(21)22)6-8-19(4)13(2)7-9-20(5)14(3)15(18(23)24)11-16(19)20/h10,13,16H,6-9,11H2,1-5H3,(H,21,22)(H,23,24)/b12-10+/t13-,16-,19+,20+/m1/s1. The number of aliphatic carboxylic acids is 2. The van der Waals surface area contributed by atoms with E-state index in [2.05, 4.69) is 20.8 Å². The van der Waals surface area contributed by atoms with E-state index in [1.165, 1.54) is 6.08 Å². The van der Waals surface area contributed by atoms with Gasteiger partial charge in [-0.2, -0.15) is 0 Å². The maximum Gasteiger partial charge on any atom is 0.331 e. The van der Waals surface area contributed by atoms with Gasteiger partial charge in [-0.3, -0.25) is 0 Å². The van der Waals surface area contributed by atoms with Gasteiger partial charge in [0.15, 0.2) is 0 Å². The normalized spacial score (nSPS) is 36.6. The van der Waals surface area contributed by atoms with Gasteiger partial charge in [-0.25, -0.2) is 9.59 Å². The number of rotatable bonds is 5.